The molecule has 0 fully saturated rings. The summed E-state index contributed by atoms with van der Waals surface area (Å²) in [4.78, 5) is 0. The lowest BCUT2D eigenvalue weighted by molar-refractivity contribution is 0.528. The molecule has 6 nitrogen and oxygen atoms in total. The Hall–Kier alpha value is -4.06. The van der Waals surface area contributed by atoms with Gasteiger partial charge in [0.2, 0.25) is 23.6 Å². The summed E-state index contributed by atoms with van der Waals surface area (Å²) < 4.78 is 11.1. The van der Waals surface area contributed by atoms with Gasteiger partial charge < -0.3 is 8.83 Å². The third-order valence-electron chi connectivity index (χ3n) is 3.72. The second-order valence-electron chi connectivity index (χ2n) is 5.78. The lowest BCUT2D eigenvalue weighted by atomic mass is 10.2. The van der Waals surface area contributed by atoms with E-state index in [-0.39, 0.29) is 0 Å². The zero-order valence-electron chi connectivity index (χ0n) is 14.8. The summed E-state index contributed by atoms with van der Waals surface area (Å²) in [7, 11) is 0. The fraction of sp³-hybridized carbons (Fsp3) is 0. The van der Waals surface area contributed by atoms with Crippen molar-refractivity contribution in [1.29, 1.82) is 0 Å². The Bertz CT molecular complexity index is 1020. The highest BCUT2D eigenvalue weighted by Gasteiger charge is 2.02. The van der Waals surface area contributed by atoms with E-state index in [1.54, 1.807) is 24.3 Å². The van der Waals surface area contributed by atoms with E-state index in [1.165, 1.54) is 0 Å². The first-order chi connectivity index (χ1) is 13.8. The van der Waals surface area contributed by atoms with Crippen LogP contribution < -0.4 is 0 Å². The van der Waals surface area contributed by atoms with Gasteiger partial charge in [0.25, 0.3) is 0 Å². The summed E-state index contributed by atoms with van der Waals surface area (Å²) in [6.45, 7) is 0. The smallest absolute Gasteiger partial charge is 0.241 e. The highest BCUT2D eigenvalue weighted by Crippen LogP contribution is 2.11. The van der Waals surface area contributed by atoms with Gasteiger partial charge in [0.05, 0.1) is 0 Å². The first-order valence-electron chi connectivity index (χ1n) is 8.66. The molecule has 0 aliphatic heterocycles. The van der Waals surface area contributed by atoms with E-state index in [0.29, 0.717) is 23.6 Å². The van der Waals surface area contributed by atoms with E-state index >= 15 is 0 Å². The Labute approximate surface area is 161 Å². The molecule has 0 amide bonds. The molecule has 0 aliphatic carbocycles. The first-order valence-corrected chi connectivity index (χ1v) is 8.66. The van der Waals surface area contributed by atoms with Crippen molar-refractivity contribution in [2.45, 2.75) is 0 Å². The maximum absolute atomic E-state index is 5.54. The van der Waals surface area contributed by atoms with Gasteiger partial charge in [0.15, 0.2) is 0 Å². The Kier molecular flexibility index (Phi) is 5.30. The van der Waals surface area contributed by atoms with E-state index in [1.807, 2.05) is 72.8 Å². The van der Waals surface area contributed by atoms with E-state index in [0.717, 1.165) is 11.1 Å². The van der Waals surface area contributed by atoms with Gasteiger partial charge in [-0.05, 0) is 23.3 Å². The highest BCUT2D eigenvalue weighted by atomic mass is 16.4. The second kappa shape index (κ2) is 8.55. The zero-order chi connectivity index (χ0) is 19.0. The summed E-state index contributed by atoms with van der Waals surface area (Å²) in [5.41, 5.74) is 2.11. The van der Waals surface area contributed by atoms with Gasteiger partial charge >= 0.3 is 0 Å². The van der Waals surface area contributed by atoms with Crippen molar-refractivity contribution in [3.8, 4) is 0 Å². The Morgan fingerprint density at radius 3 is 1.11 bits per heavy atom. The van der Waals surface area contributed by atoms with Crippen LogP contribution in [-0.2, 0) is 0 Å². The molecule has 2 heterocycles. The molecule has 6 heteroatoms. The van der Waals surface area contributed by atoms with Crippen LogP contribution in [0.5, 0.6) is 0 Å². The topological polar surface area (TPSA) is 77.8 Å². The predicted molar refractivity (Wildman–Crippen MR) is 108 cm³/mol. The van der Waals surface area contributed by atoms with Crippen LogP contribution in [0.15, 0.2) is 69.5 Å². The monoisotopic (exact) mass is 368 g/mol. The number of nitrogens with zero attached hydrogens (tertiary/aromatic N) is 4. The van der Waals surface area contributed by atoms with Crippen LogP contribution in [0.1, 0.15) is 34.7 Å². The summed E-state index contributed by atoms with van der Waals surface area (Å²) in [5.74, 6) is 1.54. The van der Waals surface area contributed by atoms with Crippen LogP contribution in [0.2, 0.25) is 0 Å². The second-order valence-corrected chi connectivity index (χ2v) is 5.78. The molecule has 4 aromatic rings. The molecule has 0 radical (unpaired) electrons. The molecule has 0 N–H and O–H groups in total. The summed E-state index contributed by atoms with van der Waals surface area (Å²) in [6.07, 6.45) is 10.6. The molecule has 4 rings (SSSR count). The number of rotatable bonds is 6. The molecule has 2 aromatic carbocycles. The van der Waals surface area contributed by atoms with Crippen molar-refractivity contribution < 1.29 is 8.83 Å². The maximum Gasteiger partial charge on any atom is 0.241 e. The average molecular weight is 368 g/mol. The number of hydrogen-bond donors (Lipinski definition) is 0. The van der Waals surface area contributed by atoms with Gasteiger partial charge in [-0.15, -0.1) is 20.4 Å². The van der Waals surface area contributed by atoms with Crippen LogP contribution in [0.3, 0.4) is 0 Å². The predicted octanol–water partition coefficient (Wildman–Crippen LogP) is 4.96. The largest absolute Gasteiger partial charge is 0.417 e. The molecule has 0 unspecified atom stereocenters. The lowest BCUT2D eigenvalue weighted by Crippen LogP contribution is -1.73. The number of hydrogen-bond acceptors (Lipinski definition) is 6. The molecule has 2 aromatic heterocycles. The van der Waals surface area contributed by atoms with E-state index in [9.17, 15) is 0 Å². The van der Waals surface area contributed by atoms with E-state index in [2.05, 4.69) is 20.4 Å². The van der Waals surface area contributed by atoms with E-state index in [4.69, 9.17) is 8.83 Å². The van der Waals surface area contributed by atoms with Crippen molar-refractivity contribution in [2.24, 2.45) is 0 Å². The number of aromatic nitrogens is 4. The lowest BCUT2D eigenvalue weighted by Gasteiger charge is -1.89. The fourth-order valence-electron chi connectivity index (χ4n) is 2.37. The summed E-state index contributed by atoms with van der Waals surface area (Å²) in [5, 5.41) is 15.9. The molecular weight excluding hydrogens is 352 g/mol. The van der Waals surface area contributed by atoms with Crippen LogP contribution in [-0.4, -0.2) is 20.4 Å². The van der Waals surface area contributed by atoms with Crippen LogP contribution in [0.25, 0.3) is 36.5 Å². The Morgan fingerprint density at radius 1 is 0.429 bits per heavy atom. The maximum atomic E-state index is 5.54. The van der Waals surface area contributed by atoms with Gasteiger partial charge in [-0.3, -0.25) is 0 Å². The van der Waals surface area contributed by atoms with Gasteiger partial charge in [0.1, 0.15) is 0 Å². The third kappa shape index (κ3) is 4.76. The Balaban J connectivity index is 1.38. The molecule has 0 spiro atoms. The molecule has 0 saturated carbocycles. The molecule has 136 valence electrons. The average Bonchev–Trinajstić information content (AvgIpc) is 3.40. The number of benzene rings is 2. The van der Waals surface area contributed by atoms with Crippen LogP contribution in [0, 0.1) is 0 Å². The molecule has 0 bridgehead atoms. The molecular formula is C22H16N4O2. The van der Waals surface area contributed by atoms with Crippen molar-refractivity contribution in [2.75, 3.05) is 0 Å². The molecule has 28 heavy (non-hydrogen) atoms. The van der Waals surface area contributed by atoms with Crippen molar-refractivity contribution in [3.63, 3.8) is 0 Å². The fourth-order valence-corrected chi connectivity index (χ4v) is 2.37. The van der Waals surface area contributed by atoms with Crippen LogP contribution >= 0.6 is 0 Å². The standard InChI is InChI=1S/C22H16N4O2/c1-3-7-17(8-4-1)11-13-19-23-25-21(27-19)15-16-22-26-24-20(28-22)14-12-18-9-5-2-6-10-18/h1-16H/b13-11+,14-12+,16-15+. The van der Waals surface area contributed by atoms with Gasteiger partial charge in [0, 0.05) is 24.3 Å². The first kappa shape index (κ1) is 17.4. The van der Waals surface area contributed by atoms with E-state index < -0.39 is 0 Å². The van der Waals surface area contributed by atoms with Crippen LogP contribution in [0.4, 0.5) is 0 Å². The molecule has 0 atom stereocenters. The SMILES string of the molecule is C(=C\c1nnc(/C=C/c2nnc(/C=C/c3ccccc3)o2)o1)/c1ccccc1. The van der Waals surface area contributed by atoms with Crippen molar-refractivity contribution in [3.05, 3.63) is 95.4 Å². The zero-order valence-corrected chi connectivity index (χ0v) is 14.8. The minimum Gasteiger partial charge on any atom is -0.417 e. The molecule has 0 aliphatic rings. The summed E-state index contributed by atoms with van der Waals surface area (Å²) in [6, 6.07) is 19.8. The van der Waals surface area contributed by atoms with Gasteiger partial charge in [-0.1, -0.05) is 60.7 Å². The Morgan fingerprint density at radius 2 is 0.750 bits per heavy atom. The minimum absolute atomic E-state index is 0.354. The normalized spacial score (nSPS) is 11.9. The molecule has 0 saturated heterocycles. The highest BCUT2D eigenvalue weighted by molar-refractivity contribution is 5.67. The van der Waals surface area contributed by atoms with Crippen molar-refractivity contribution in [1.82, 2.24) is 20.4 Å². The van der Waals surface area contributed by atoms with Gasteiger partial charge in [-0.25, -0.2) is 0 Å². The summed E-state index contributed by atoms with van der Waals surface area (Å²) >= 11 is 0. The quantitative estimate of drug-likeness (QED) is 0.478. The van der Waals surface area contributed by atoms with Crippen molar-refractivity contribution >= 4 is 36.5 Å². The van der Waals surface area contributed by atoms with Gasteiger partial charge in [-0.2, -0.15) is 0 Å². The third-order valence-corrected chi connectivity index (χ3v) is 3.72. The minimum atomic E-state index is 0.354.